The van der Waals surface area contributed by atoms with Crippen LogP contribution in [0.25, 0.3) is 0 Å². The molecule has 0 saturated carbocycles. The fourth-order valence-corrected chi connectivity index (χ4v) is 2.36. The third kappa shape index (κ3) is 8.38. The molecule has 0 aromatic heterocycles. The number of rotatable bonds is 7. The van der Waals surface area contributed by atoms with Crippen LogP contribution in [-0.4, -0.2) is 61.9 Å². The number of aliphatic imine (C=N–C) groups is 1. The molecule has 1 unspecified atom stereocenters. The van der Waals surface area contributed by atoms with Gasteiger partial charge in [-0.05, 0) is 12.8 Å². The highest BCUT2D eigenvalue weighted by Crippen LogP contribution is 2.10. The van der Waals surface area contributed by atoms with Crippen LogP contribution in [0.2, 0.25) is 0 Å². The Morgan fingerprint density at radius 1 is 1.22 bits per heavy atom. The molecule has 0 radical (unpaired) electrons. The largest absolute Gasteiger partial charge is 0.356 e. The van der Waals surface area contributed by atoms with Crippen molar-refractivity contribution in [3.63, 3.8) is 0 Å². The van der Waals surface area contributed by atoms with Crippen molar-refractivity contribution in [3.05, 3.63) is 0 Å². The van der Waals surface area contributed by atoms with E-state index in [1.807, 2.05) is 18.7 Å². The minimum atomic E-state index is 0. The van der Waals surface area contributed by atoms with Crippen molar-refractivity contribution in [2.45, 2.75) is 45.6 Å². The zero-order valence-electron chi connectivity index (χ0n) is 14.4. The van der Waals surface area contributed by atoms with Gasteiger partial charge in [-0.15, -0.1) is 24.0 Å². The number of nitrogens with one attached hydrogen (secondary N) is 3. The van der Waals surface area contributed by atoms with Gasteiger partial charge in [-0.3, -0.25) is 14.6 Å². The van der Waals surface area contributed by atoms with Gasteiger partial charge in [0, 0.05) is 52.1 Å². The fourth-order valence-electron chi connectivity index (χ4n) is 2.36. The van der Waals surface area contributed by atoms with Gasteiger partial charge in [-0.2, -0.15) is 0 Å². The Bertz CT molecular complexity index is 403. The number of guanidine groups is 1. The third-order valence-corrected chi connectivity index (χ3v) is 3.62. The van der Waals surface area contributed by atoms with E-state index in [1.165, 1.54) is 0 Å². The van der Waals surface area contributed by atoms with E-state index in [-0.39, 0.29) is 41.8 Å². The second kappa shape index (κ2) is 12.4. The monoisotopic (exact) mass is 439 g/mol. The minimum Gasteiger partial charge on any atom is -0.356 e. The highest BCUT2D eigenvalue weighted by atomic mass is 127. The molecule has 1 aliphatic heterocycles. The molecular weight excluding hydrogens is 409 g/mol. The van der Waals surface area contributed by atoms with E-state index >= 15 is 0 Å². The van der Waals surface area contributed by atoms with Crippen molar-refractivity contribution in [1.82, 2.24) is 20.9 Å². The van der Waals surface area contributed by atoms with E-state index < -0.39 is 0 Å². The number of halogens is 1. The first-order valence-electron chi connectivity index (χ1n) is 8.12. The van der Waals surface area contributed by atoms with Gasteiger partial charge in [0.15, 0.2) is 5.96 Å². The SMILES string of the molecule is CCCNC(=O)CCNC(=NC)NC1CCN(C(=O)CC)C1.I. The maximum atomic E-state index is 11.7. The molecule has 23 heavy (non-hydrogen) atoms. The van der Waals surface area contributed by atoms with Crippen LogP contribution >= 0.6 is 24.0 Å². The lowest BCUT2D eigenvalue weighted by Crippen LogP contribution is -2.45. The molecule has 1 heterocycles. The quantitative estimate of drug-likeness (QED) is 0.310. The average molecular weight is 439 g/mol. The summed E-state index contributed by atoms with van der Waals surface area (Å²) in [6.07, 6.45) is 2.83. The van der Waals surface area contributed by atoms with Gasteiger partial charge in [0.1, 0.15) is 0 Å². The summed E-state index contributed by atoms with van der Waals surface area (Å²) < 4.78 is 0. The van der Waals surface area contributed by atoms with Crippen molar-refractivity contribution >= 4 is 41.8 Å². The second-order valence-corrected chi connectivity index (χ2v) is 5.42. The van der Waals surface area contributed by atoms with Crippen LogP contribution in [0.4, 0.5) is 0 Å². The van der Waals surface area contributed by atoms with Gasteiger partial charge in [0.05, 0.1) is 0 Å². The molecule has 1 atom stereocenters. The summed E-state index contributed by atoms with van der Waals surface area (Å²) in [6, 6.07) is 0.218. The lowest BCUT2D eigenvalue weighted by atomic mass is 10.3. The highest BCUT2D eigenvalue weighted by Gasteiger charge is 2.25. The van der Waals surface area contributed by atoms with Gasteiger partial charge >= 0.3 is 0 Å². The van der Waals surface area contributed by atoms with Gasteiger partial charge in [-0.1, -0.05) is 13.8 Å². The normalized spacial score (nSPS) is 17.4. The van der Waals surface area contributed by atoms with Crippen LogP contribution < -0.4 is 16.0 Å². The van der Waals surface area contributed by atoms with Crippen molar-refractivity contribution in [2.24, 2.45) is 4.99 Å². The molecule has 0 aromatic carbocycles. The molecule has 134 valence electrons. The number of amides is 2. The van der Waals surface area contributed by atoms with Gasteiger partial charge < -0.3 is 20.9 Å². The highest BCUT2D eigenvalue weighted by molar-refractivity contribution is 14.0. The molecule has 0 spiro atoms. The number of carbonyl (C=O) groups excluding carboxylic acids is 2. The van der Waals surface area contributed by atoms with E-state index in [0.717, 1.165) is 25.9 Å². The molecular formula is C15H30IN5O2. The summed E-state index contributed by atoms with van der Waals surface area (Å²) in [5, 5.41) is 9.28. The molecule has 0 aromatic rings. The molecule has 8 heteroatoms. The van der Waals surface area contributed by atoms with E-state index in [4.69, 9.17) is 0 Å². The zero-order chi connectivity index (χ0) is 16.4. The van der Waals surface area contributed by atoms with E-state index in [2.05, 4.69) is 20.9 Å². The first-order valence-corrected chi connectivity index (χ1v) is 8.12. The number of nitrogens with zero attached hydrogens (tertiary/aromatic N) is 2. The predicted octanol–water partition coefficient (Wildman–Crippen LogP) is 0.697. The lowest BCUT2D eigenvalue weighted by Gasteiger charge is -2.18. The van der Waals surface area contributed by atoms with Crippen LogP contribution in [-0.2, 0) is 9.59 Å². The second-order valence-electron chi connectivity index (χ2n) is 5.42. The van der Waals surface area contributed by atoms with Gasteiger partial charge in [0.2, 0.25) is 11.8 Å². The first kappa shape index (κ1) is 21.9. The van der Waals surface area contributed by atoms with E-state index in [9.17, 15) is 9.59 Å². The Morgan fingerprint density at radius 3 is 2.57 bits per heavy atom. The number of hydrogen-bond donors (Lipinski definition) is 3. The summed E-state index contributed by atoms with van der Waals surface area (Å²) in [4.78, 5) is 29.2. The first-order chi connectivity index (χ1) is 10.6. The molecule has 1 saturated heterocycles. The van der Waals surface area contributed by atoms with Crippen molar-refractivity contribution < 1.29 is 9.59 Å². The van der Waals surface area contributed by atoms with Crippen LogP contribution in [0.1, 0.15) is 39.5 Å². The van der Waals surface area contributed by atoms with E-state index in [0.29, 0.717) is 31.9 Å². The third-order valence-electron chi connectivity index (χ3n) is 3.62. The Balaban J connectivity index is 0.00000484. The predicted molar refractivity (Wildman–Crippen MR) is 103 cm³/mol. The Hall–Kier alpha value is -1.06. The molecule has 1 aliphatic rings. The molecule has 0 bridgehead atoms. The summed E-state index contributed by atoms with van der Waals surface area (Å²) in [6.45, 7) is 6.67. The molecule has 3 N–H and O–H groups in total. The molecule has 2 amide bonds. The summed E-state index contributed by atoms with van der Waals surface area (Å²) in [5.41, 5.74) is 0. The maximum absolute atomic E-state index is 11.7. The fraction of sp³-hybridized carbons (Fsp3) is 0.800. The molecule has 1 fully saturated rings. The number of hydrogen-bond acceptors (Lipinski definition) is 3. The molecule has 7 nitrogen and oxygen atoms in total. The smallest absolute Gasteiger partial charge is 0.222 e. The van der Waals surface area contributed by atoms with Crippen LogP contribution in [0.3, 0.4) is 0 Å². The standard InChI is InChI=1S/C15H29N5O2.HI/c1-4-8-17-13(21)6-9-18-15(16-3)19-12-7-10-20(11-12)14(22)5-2;/h12H,4-11H2,1-3H3,(H,17,21)(H2,16,18,19);1H. The van der Waals surface area contributed by atoms with Crippen LogP contribution in [0.5, 0.6) is 0 Å². The van der Waals surface area contributed by atoms with Gasteiger partial charge in [0.25, 0.3) is 0 Å². The van der Waals surface area contributed by atoms with Gasteiger partial charge in [-0.25, -0.2) is 0 Å². The van der Waals surface area contributed by atoms with Crippen LogP contribution in [0, 0.1) is 0 Å². The number of likely N-dealkylation sites (tertiary alicyclic amines) is 1. The summed E-state index contributed by atoms with van der Waals surface area (Å²) in [5.74, 6) is 0.921. The topological polar surface area (TPSA) is 85.8 Å². The maximum Gasteiger partial charge on any atom is 0.222 e. The van der Waals surface area contributed by atoms with E-state index in [1.54, 1.807) is 7.05 Å². The summed E-state index contributed by atoms with van der Waals surface area (Å²) >= 11 is 0. The van der Waals surface area contributed by atoms with Crippen molar-refractivity contribution in [2.75, 3.05) is 33.2 Å². The molecule has 1 rings (SSSR count). The molecule has 0 aliphatic carbocycles. The zero-order valence-corrected chi connectivity index (χ0v) is 16.7. The number of carbonyl (C=O) groups is 2. The Morgan fingerprint density at radius 2 is 1.96 bits per heavy atom. The summed E-state index contributed by atoms with van der Waals surface area (Å²) in [7, 11) is 1.70. The lowest BCUT2D eigenvalue weighted by molar-refractivity contribution is -0.129. The van der Waals surface area contributed by atoms with Crippen molar-refractivity contribution in [1.29, 1.82) is 0 Å². The Labute approximate surface area is 156 Å². The van der Waals surface area contributed by atoms with Crippen molar-refractivity contribution in [3.8, 4) is 0 Å². The average Bonchev–Trinajstić information content (AvgIpc) is 2.99. The minimum absolute atomic E-state index is 0. The van der Waals surface area contributed by atoms with Crippen LogP contribution in [0.15, 0.2) is 4.99 Å². The Kier molecular flexibility index (Phi) is 11.8.